The van der Waals surface area contributed by atoms with Crippen molar-refractivity contribution in [2.75, 3.05) is 5.32 Å². The molecule has 0 unspecified atom stereocenters. The summed E-state index contributed by atoms with van der Waals surface area (Å²) in [6.07, 6.45) is 2.77. The van der Waals surface area contributed by atoms with E-state index in [1.807, 2.05) is 6.07 Å². The molecule has 94 valence electrons. The molecule has 6 heteroatoms. The Morgan fingerprint density at radius 1 is 1.37 bits per heavy atom. The number of aromatic nitrogens is 1. The van der Waals surface area contributed by atoms with Gasteiger partial charge in [-0.25, -0.2) is 4.79 Å². The van der Waals surface area contributed by atoms with Crippen LogP contribution in [0.1, 0.15) is 15.9 Å². The molecule has 0 fully saturated rings. The average Bonchev–Trinajstić information content (AvgIpc) is 2.39. The summed E-state index contributed by atoms with van der Waals surface area (Å²) in [7, 11) is 0. The number of pyridine rings is 1. The quantitative estimate of drug-likeness (QED) is 0.897. The third kappa shape index (κ3) is 2.81. The first-order valence-electron chi connectivity index (χ1n) is 5.26. The Morgan fingerprint density at radius 2 is 2.16 bits per heavy atom. The van der Waals surface area contributed by atoms with Gasteiger partial charge in [0, 0.05) is 11.2 Å². The maximum absolute atomic E-state index is 11.1. The minimum atomic E-state index is -1.08. The summed E-state index contributed by atoms with van der Waals surface area (Å²) in [4.78, 5) is 14.9. The average molecular weight is 274 g/mol. The molecule has 0 radical (unpaired) electrons. The molecule has 2 aromatic rings. The van der Waals surface area contributed by atoms with Crippen molar-refractivity contribution in [3.63, 3.8) is 0 Å². The van der Waals surface area contributed by atoms with Crippen molar-refractivity contribution in [3.8, 4) is 6.07 Å². The lowest BCUT2D eigenvalue weighted by Crippen LogP contribution is -2.04. The number of hydrogen-bond acceptors (Lipinski definition) is 4. The number of hydrogen-bond donors (Lipinski definition) is 2. The van der Waals surface area contributed by atoms with Gasteiger partial charge in [0.1, 0.15) is 6.07 Å². The van der Waals surface area contributed by atoms with Gasteiger partial charge in [0.05, 0.1) is 28.7 Å². The van der Waals surface area contributed by atoms with Gasteiger partial charge in [0.25, 0.3) is 0 Å². The SMILES string of the molecule is N#Cc1ccc(Cl)cc1Nc1cnccc1C(=O)O. The fraction of sp³-hybridized carbons (Fsp3) is 0. The summed E-state index contributed by atoms with van der Waals surface area (Å²) in [5.41, 5.74) is 1.17. The molecule has 0 spiro atoms. The Balaban J connectivity index is 2.45. The molecule has 0 amide bonds. The highest BCUT2D eigenvalue weighted by Gasteiger charge is 2.11. The number of halogens is 1. The largest absolute Gasteiger partial charge is 0.478 e. The number of carboxylic acids is 1. The molecule has 1 heterocycles. The number of nitrogens with zero attached hydrogens (tertiary/aromatic N) is 2. The van der Waals surface area contributed by atoms with Crippen LogP contribution in [0.5, 0.6) is 0 Å². The number of carboxylic acid groups (broad SMARTS) is 1. The van der Waals surface area contributed by atoms with Gasteiger partial charge in [-0.3, -0.25) is 4.98 Å². The van der Waals surface area contributed by atoms with Gasteiger partial charge >= 0.3 is 5.97 Å². The Hall–Kier alpha value is -2.58. The Morgan fingerprint density at radius 3 is 2.84 bits per heavy atom. The van der Waals surface area contributed by atoms with E-state index in [9.17, 15) is 4.79 Å². The molecular weight excluding hydrogens is 266 g/mol. The van der Waals surface area contributed by atoms with Crippen LogP contribution in [0.25, 0.3) is 0 Å². The molecule has 5 nitrogen and oxygen atoms in total. The van der Waals surface area contributed by atoms with Crippen LogP contribution in [0, 0.1) is 11.3 Å². The molecule has 0 aliphatic rings. The summed E-state index contributed by atoms with van der Waals surface area (Å²) < 4.78 is 0. The molecule has 19 heavy (non-hydrogen) atoms. The van der Waals surface area contributed by atoms with Crippen LogP contribution in [0.3, 0.4) is 0 Å². The van der Waals surface area contributed by atoms with Crippen LogP contribution in [0.2, 0.25) is 5.02 Å². The fourth-order valence-corrected chi connectivity index (χ4v) is 1.72. The second kappa shape index (κ2) is 5.38. The van der Waals surface area contributed by atoms with Crippen molar-refractivity contribution in [2.45, 2.75) is 0 Å². The van der Waals surface area contributed by atoms with E-state index in [-0.39, 0.29) is 5.56 Å². The first-order valence-corrected chi connectivity index (χ1v) is 5.63. The third-order valence-corrected chi connectivity index (χ3v) is 2.66. The molecule has 1 aromatic carbocycles. The van der Waals surface area contributed by atoms with E-state index in [1.54, 1.807) is 18.2 Å². The van der Waals surface area contributed by atoms with Crippen LogP contribution in [-0.2, 0) is 0 Å². The Kier molecular flexibility index (Phi) is 3.64. The van der Waals surface area contributed by atoms with Gasteiger partial charge in [-0.2, -0.15) is 5.26 Å². The number of carbonyl (C=O) groups is 1. The highest BCUT2D eigenvalue weighted by atomic mass is 35.5. The maximum Gasteiger partial charge on any atom is 0.337 e. The minimum Gasteiger partial charge on any atom is -0.478 e. The van der Waals surface area contributed by atoms with E-state index in [0.717, 1.165) is 0 Å². The standard InChI is InChI=1S/C13H8ClN3O2/c14-9-2-1-8(6-15)11(5-9)17-12-7-16-4-3-10(12)13(18)19/h1-5,7,17H,(H,18,19). The zero-order chi connectivity index (χ0) is 13.8. The molecule has 0 saturated heterocycles. The molecule has 1 aromatic heterocycles. The van der Waals surface area contributed by atoms with Crippen molar-refractivity contribution in [3.05, 3.63) is 52.8 Å². The summed E-state index contributed by atoms with van der Waals surface area (Å²) in [5, 5.41) is 21.4. The fourth-order valence-electron chi connectivity index (χ4n) is 1.54. The normalized spacial score (nSPS) is 9.68. The van der Waals surface area contributed by atoms with Gasteiger partial charge in [-0.05, 0) is 24.3 Å². The molecule has 0 aliphatic carbocycles. The molecule has 2 N–H and O–H groups in total. The van der Waals surface area contributed by atoms with Gasteiger partial charge in [0.15, 0.2) is 0 Å². The number of anilines is 2. The number of rotatable bonds is 3. The minimum absolute atomic E-state index is 0.0684. The highest BCUT2D eigenvalue weighted by Crippen LogP contribution is 2.25. The Labute approximate surface area is 114 Å². The van der Waals surface area contributed by atoms with Crippen molar-refractivity contribution in [2.24, 2.45) is 0 Å². The Bertz CT molecular complexity index is 680. The van der Waals surface area contributed by atoms with Crippen LogP contribution in [0.15, 0.2) is 36.7 Å². The first kappa shape index (κ1) is 12.9. The lowest BCUT2D eigenvalue weighted by Gasteiger charge is -2.10. The van der Waals surface area contributed by atoms with Gasteiger partial charge in [-0.15, -0.1) is 0 Å². The summed E-state index contributed by atoms with van der Waals surface area (Å²) in [6.45, 7) is 0. The van der Waals surface area contributed by atoms with Crippen LogP contribution in [0.4, 0.5) is 11.4 Å². The van der Waals surface area contributed by atoms with Crippen LogP contribution < -0.4 is 5.32 Å². The van der Waals surface area contributed by atoms with E-state index in [0.29, 0.717) is 22.0 Å². The summed E-state index contributed by atoms with van der Waals surface area (Å²) in [6, 6.07) is 8.08. The molecule has 0 bridgehead atoms. The second-order valence-corrected chi connectivity index (χ2v) is 4.09. The zero-order valence-electron chi connectivity index (χ0n) is 9.59. The van der Waals surface area contributed by atoms with E-state index >= 15 is 0 Å². The van der Waals surface area contributed by atoms with E-state index in [4.69, 9.17) is 22.0 Å². The van der Waals surface area contributed by atoms with Crippen molar-refractivity contribution >= 4 is 28.9 Å². The number of nitriles is 1. The molecule has 2 rings (SSSR count). The van der Waals surface area contributed by atoms with E-state index in [1.165, 1.54) is 18.5 Å². The number of aromatic carboxylic acids is 1. The highest BCUT2D eigenvalue weighted by molar-refractivity contribution is 6.30. The lowest BCUT2D eigenvalue weighted by molar-refractivity contribution is 0.0698. The summed E-state index contributed by atoms with van der Waals surface area (Å²) >= 11 is 5.86. The van der Waals surface area contributed by atoms with Gasteiger partial charge in [0.2, 0.25) is 0 Å². The molecule has 0 aliphatic heterocycles. The number of nitrogens with one attached hydrogen (secondary N) is 1. The van der Waals surface area contributed by atoms with Crippen molar-refractivity contribution in [1.82, 2.24) is 4.98 Å². The maximum atomic E-state index is 11.1. The van der Waals surface area contributed by atoms with Gasteiger partial charge < -0.3 is 10.4 Å². The predicted octanol–water partition coefficient (Wildman–Crippen LogP) is 3.05. The second-order valence-electron chi connectivity index (χ2n) is 3.65. The molecule has 0 atom stereocenters. The number of benzene rings is 1. The van der Waals surface area contributed by atoms with Crippen LogP contribution >= 0.6 is 11.6 Å². The lowest BCUT2D eigenvalue weighted by atomic mass is 10.1. The van der Waals surface area contributed by atoms with Gasteiger partial charge in [-0.1, -0.05) is 11.6 Å². The zero-order valence-corrected chi connectivity index (χ0v) is 10.3. The first-order chi connectivity index (χ1) is 9.11. The van der Waals surface area contributed by atoms with E-state index in [2.05, 4.69) is 10.3 Å². The third-order valence-electron chi connectivity index (χ3n) is 2.42. The summed E-state index contributed by atoms with van der Waals surface area (Å²) in [5.74, 6) is -1.08. The monoisotopic (exact) mass is 273 g/mol. The van der Waals surface area contributed by atoms with Crippen LogP contribution in [-0.4, -0.2) is 16.1 Å². The topological polar surface area (TPSA) is 86.0 Å². The molecule has 0 saturated carbocycles. The van der Waals surface area contributed by atoms with E-state index < -0.39 is 5.97 Å². The predicted molar refractivity (Wildman–Crippen MR) is 70.6 cm³/mol. The van der Waals surface area contributed by atoms with Crippen molar-refractivity contribution < 1.29 is 9.90 Å². The molecular formula is C13H8ClN3O2. The van der Waals surface area contributed by atoms with Crippen molar-refractivity contribution in [1.29, 1.82) is 5.26 Å². The smallest absolute Gasteiger partial charge is 0.337 e.